The first-order valence-corrected chi connectivity index (χ1v) is 4.35. The molecule has 0 aliphatic rings. The normalized spacial score (nSPS) is 10.5. The maximum atomic E-state index is 12.8. The summed E-state index contributed by atoms with van der Waals surface area (Å²) in [6, 6.07) is 4.55. The number of nitrogens with zero attached hydrogens (tertiary/aromatic N) is 1. The van der Waals surface area contributed by atoms with E-state index in [0.717, 1.165) is 16.8 Å². The second-order valence-corrected chi connectivity index (χ2v) is 3.25. The molecule has 0 unspecified atom stereocenters. The Kier molecular flexibility index (Phi) is 2.08. The number of aryl methyl sites for hydroxylation is 2. The number of benzene rings is 1. The minimum atomic E-state index is -0.241. The molecular weight excluding hydrogens is 181 g/mol. The predicted octanol–water partition coefficient (Wildman–Crippen LogP) is 3.10. The molecular formula is C11H10FNO. The Balaban J connectivity index is 2.52. The Labute approximate surface area is 81.4 Å². The summed E-state index contributed by atoms with van der Waals surface area (Å²) in [5.74, 6) is 0.300. The second-order valence-electron chi connectivity index (χ2n) is 3.25. The molecule has 14 heavy (non-hydrogen) atoms. The van der Waals surface area contributed by atoms with E-state index in [2.05, 4.69) is 4.98 Å². The van der Waals surface area contributed by atoms with Gasteiger partial charge in [-0.25, -0.2) is 9.37 Å². The van der Waals surface area contributed by atoms with Crippen molar-refractivity contribution in [2.75, 3.05) is 0 Å². The first-order valence-electron chi connectivity index (χ1n) is 4.35. The van der Waals surface area contributed by atoms with Crippen LogP contribution in [-0.2, 0) is 0 Å². The van der Waals surface area contributed by atoms with Gasteiger partial charge in [0.15, 0.2) is 0 Å². The first kappa shape index (κ1) is 8.94. The molecule has 1 heterocycles. The van der Waals surface area contributed by atoms with Crippen molar-refractivity contribution < 1.29 is 8.81 Å². The standard InChI is InChI=1S/C11H10FNO/c1-7-5-9(12)3-4-10(7)11-13-8(2)6-14-11/h3-6H,1-2H3. The van der Waals surface area contributed by atoms with E-state index in [1.54, 1.807) is 12.3 Å². The fourth-order valence-corrected chi connectivity index (χ4v) is 1.34. The van der Waals surface area contributed by atoms with Crippen LogP contribution in [0, 0.1) is 19.7 Å². The second kappa shape index (κ2) is 3.25. The van der Waals surface area contributed by atoms with Gasteiger partial charge in [-0.15, -0.1) is 0 Å². The van der Waals surface area contributed by atoms with Crippen LogP contribution in [0.1, 0.15) is 11.3 Å². The van der Waals surface area contributed by atoms with Crippen LogP contribution in [0.4, 0.5) is 4.39 Å². The van der Waals surface area contributed by atoms with Gasteiger partial charge in [-0.05, 0) is 37.6 Å². The minimum absolute atomic E-state index is 0.241. The molecule has 3 heteroatoms. The molecule has 2 nitrogen and oxygen atoms in total. The average molecular weight is 191 g/mol. The Hall–Kier alpha value is -1.64. The predicted molar refractivity (Wildman–Crippen MR) is 51.4 cm³/mol. The fraction of sp³-hybridized carbons (Fsp3) is 0.182. The van der Waals surface area contributed by atoms with Gasteiger partial charge < -0.3 is 4.42 Å². The van der Waals surface area contributed by atoms with Crippen LogP contribution in [0.2, 0.25) is 0 Å². The summed E-state index contributed by atoms with van der Waals surface area (Å²) in [7, 11) is 0. The summed E-state index contributed by atoms with van der Waals surface area (Å²) in [6.45, 7) is 3.68. The molecule has 0 radical (unpaired) electrons. The zero-order chi connectivity index (χ0) is 10.1. The highest BCUT2D eigenvalue weighted by Crippen LogP contribution is 2.22. The van der Waals surface area contributed by atoms with Crippen molar-refractivity contribution >= 4 is 0 Å². The van der Waals surface area contributed by atoms with Crippen LogP contribution in [0.15, 0.2) is 28.9 Å². The lowest BCUT2D eigenvalue weighted by Gasteiger charge is -2.00. The van der Waals surface area contributed by atoms with Crippen LogP contribution >= 0.6 is 0 Å². The summed E-state index contributed by atoms with van der Waals surface area (Å²) in [6.07, 6.45) is 1.58. The third-order valence-corrected chi connectivity index (χ3v) is 2.04. The molecule has 2 rings (SSSR count). The van der Waals surface area contributed by atoms with E-state index >= 15 is 0 Å². The Bertz CT molecular complexity index is 462. The van der Waals surface area contributed by atoms with E-state index in [-0.39, 0.29) is 5.82 Å². The molecule has 1 aromatic carbocycles. The number of aromatic nitrogens is 1. The van der Waals surface area contributed by atoms with Crippen molar-refractivity contribution in [3.8, 4) is 11.5 Å². The number of halogens is 1. The van der Waals surface area contributed by atoms with Gasteiger partial charge in [0.25, 0.3) is 0 Å². The number of oxazole rings is 1. The fourth-order valence-electron chi connectivity index (χ4n) is 1.34. The van der Waals surface area contributed by atoms with Gasteiger partial charge in [0, 0.05) is 5.56 Å². The zero-order valence-corrected chi connectivity index (χ0v) is 8.04. The monoisotopic (exact) mass is 191 g/mol. The van der Waals surface area contributed by atoms with Gasteiger partial charge in [-0.2, -0.15) is 0 Å². The zero-order valence-electron chi connectivity index (χ0n) is 8.04. The maximum absolute atomic E-state index is 12.8. The quantitative estimate of drug-likeness (QED) is 0.692. The average Bonchev–Trinajstić information content (AvgIpc) is 2.51. The Morgan fingerprint density at radius 2 is 2.07 bits per heavy atom. The van der Waals surface area contributed by atoms with Crippen LogP contribution < -0.4 is 0 Å². The first-order chi connectivity index (χ1) is 6.66. The number of hydrogen-bond acceptors (Lipinski definition) is 2. The lowest BCUT2D eigenvalue weighted by molar-refractivity contribution is 0.572. The summed E-state index contributed by atoms with van der Waals surface area (Å²) in [4.78, 5) is 4.18. The molecule has 0 fully saturated rings. The summed E-state index contributed by atoms with van der Waals surface area (Å²) < 4.78 is 18.1. The SMILES string of the molecule is Cc1coc(-c2ccc(F)cc2C)n1. The third-order valence-electron chi connectivity index (χ3n) is 2.04. The van der Waals surface area contributed by atoms with Crippen molar-refractivity contribution in [1.82, 2.24) is 4.98 Å². The highest BCUT2D eigenvalue weighted by atomic mass is 19.1. The molecule has 0 atom stereocenters. The molecule has 1 aromatic heterocycles. The van der Waals surface area contributed by atoms with Crippen LogP contribution in [-0.4, -0.2) is 4.98 Å². The summed E-state index contributed by atoms with van der Waals surface area (Å²) >= 11 is 0. The van der Waals surface area contributed by atoms with Gasteiger partial charge in [0.2, 0.25) is 5.89 Å². The van der Waals surface area contributed by atoms with Crippen molar-refractivity contribution in [1.29, 1.82) is 0 Å². The minimum Gasteiger partial charge on any atom is -0.444 e. The van der Waals surface area contributed by atoms with E-state index < -0.39 is 0 Å². The third kappa shape index (κ3) is 1.53. The lowest BCUT2D eigenvalue weighted by atomic mass is 10.1. The highest BCUT2D eigenvalue weighted by Gasteiger charge is 2.07. The number of rotatable bonds is 1. The van der Waals surface area contributed by atoms with Gasteiger partial charge in [-0.3, -0.25) is 0 Å². The molecule has 72 valence electrons. The van der Waals surface area contributed by atoms with Gasteiger partial charge in [0.05, 0.1) is 5.69 Å². The van der Waals surface area contributed by atoms with Gasteiger partial charge in [0.1, 0.15) is 12.1 Å². The topological polar surface area (TPSA) is 26.0 Å². The Morgan fingerprint density at radius 3 is 2.64 bits per heavy atom. The van der Waals surface area contributed by atoms with Gasteiger partial charge in [-0.1, -0.05) is 0 Å². The van der Waals surface area contributed by atoms with Gasteiger partial charge >= 0.3 is 0 Å². The molecule has 0 N–H and O–H groups in total. The van der Waals surface area contributed by atoms with E-state index in [4.69, 9.17) is 4.42 Å². The van der Waals surface area contributed by atoms with E-state index in [9.17, 15) is 4.39 Å². The smallest absolute Gasteiger partial charge is 0.226 e. The molecule has 0 amide bonds. The van der Waals surface area contributed by atoms with Crippen molar-refractivity contribution in [3.05, 3.63) is 41.5 Å². The van der Waals surface area contributed by atoms with E-state index in [1.807, 2.05) is 13.8 Å². The highest BCUT2D eigenvalue weighted by molar-refractivity contribution is 5.58. The molecule has 0 aliphatic carbocycles. The number of hydrogen-bond donors (Lipinski definition) is 0. The molecule has 0 spiro atoms. The van der Waals surface area contributed by atoms with Crippen molar-refractivity contribution in [2.24, 2.45) is 0 Å². The van der Waals surface area contributed by atoms with E-state index in [1.165, 1.54) is 12.1 Å². The van der Waals surface area contributed by atoms with Crippen LogP contribution in [0.5, 0.6) is 0 Å². The summed E-state index contributed by atoms with van der Waals surface area (Å²) in [5.41, 5.74) is 2.48. The molecule has 0 aliphatic heterocycles. The van der Waals surface area contributed by atoms with Crippen molar-refractivity contribution in [3.63, 3.8) is 0 Å². The Morgan fingerprint density at radius 1 is 1.29 bits per heavy atom. The maximum Gasteiger partial charge on any atom is 0.226 e. The molecule has 0 saturated carbocycles. The molecule has 0 saturated heterocycles. The van der Waals surface area contributed by atoms with Crippen LogP contribution in [0.3, 0.4) is 0 Å². The van der Waals surface area contributed by atoms with Crippen molar-refractivity contribution in [2.45, 2.75) is 13.8 Å². The molecule has 0 bridgehead atoms. The van der Waals surface area contributed by atoms with E-state index in [0.29, 0.717) is 5.89 Å². The largest absolute Gasteiger partial charge is 0.444 e. The van der Waals surface area contributed by atoms with Crippen LogP contribution in [0.25, 0.3) is 11.5 Å². The summed E-state index contributed by atoms with van der Waals surface area (Å²) in [5, 5.41) is 0. The lowest BCUT2D eigenvalue weighted by Crippen LogP contribution is -1.85. The molecule has 2 aromatic rings.